The van der Waals surface area contributed by atoms with Crippen molar-refractivity contribution < 1.29 is 19.0 Å². The molecule has 0 aromatic heterocycles. The second kappa shape index (κ2) is 8.55. The molecule has 0 radical (unpaired) electrons. The number of hydrogen-bond donors (Lipinski definition) is 0. The number of carbonyl (C=O) groups is 1. The summed E-state index contributed by atoms with van der Waals surface area (Å²) in [5, 5.41) is -0.358. The van der Waals surface area contributed by atoms with Gasteiger partial charge in [-0.25, -0.2) is 0 Å². The molecule has 0 heterocycles. The highest BCUT2D eigenvalue weighted by molar-refractivity contribution is 8.23. The van der Waals surface area contributed by atoms with Gasteiger partial charge in [0.25, 0.3) is 0 Å². The highest BCUT2D eigenvalue weighted by Gasteiger charge is 2.16. The van der Waals surface area contributed by atoms with E-state index in [-0.39, 0.29) is 11.2 Å². The SMILES string of the molecule is C=COCCOC(=S)SC(C)C(=O)OC. The quantitative estimate of drug-likeness (QED) is 0.310. The standard InChI is InChI=1S/C9H14O4S2/c1-4-12-5-6-13-9(14)15-7(2)8(10)11-3/h4,7H,1,5-6H2,2-3H3. The Bertz CT molecular complexity index is 230. The van der Waals surface area contributed by atoms with Crippen molar-refractivity contribution in [2.24, 2.45) is 0 Å². The van der Waals surface area contributed by atoms with E-state index in [4.69, 9.17) is 21.7 Å². The van der Waals surface area contributed by atoms with Crippen LogP contribution < -0.4 is 0 Å². The van der Waals surface area contributed by atoms with Crippen LogP contribution in [0.4, 0.5) is 0 Å². The lowest BCUT2D eigenvalue weighted by molar-refractivity contribution is -0.139. The molecule has 0 aliphatic heterocycles. The zero-order valence-corrected chi connectivity index (χ0v) is 10.4. The summed E-state index contributed by atoms with van der Waals surface area (Å²) < 4.78 is 14.8. The Balaban J connectivity index is 3.64. The van der Waals surface area contributed by atoms with Gasteiger partial charge in [-0.3, -0.25) is 4.79 Å². The lowest BCUT2D eigenvalue weighted by Gasteiger charge is -2.10. The first-order valence-electron chi connectivity index (χ1n) is 4.25. The van der Waals surface area contributed by atoms with Gasteiger partial charge in [0.05, 0.1) is 13.4 Å². The molecule has 0 aliphatic rings. The summed E-state index contributed by atoms with van der Waals surface area (Å²) in [7, 11) is 1.33. The van der Waals surface area contributed by atoms with Crippen LogP contribution in [0.15, 0.2) is 12.8 Å². The maximum absolute atomic E-state index is 11.0. The molecule has 0 fully saturated rings. The minimum atomic E-state index is -0.358. The third-order valence-corrected chi connectivity index (χ3v) is 2.61. The van der Waals surface area contributed by atoms with Gasteiger partial charge in [0.1, 0.15) is 18.5 Å². The number of ether oxygens (including phenoxy) is 3. The average Bonchev–Trinajstić information content (AvgIpc) is 2.23. The second-order valence-corrected chi connectivity index (χ2v) is 4.36. The molecule has 0 aromatic carbocycles. The molecule has 0 N–H and O–H groups in total. The van der Waals surface area contributed by atoms with Gasteiger partial charge in [-0.1, -0.05) is 18.3 Å². The molecule has 4 nitrogen and oxygen atoms in total. The molecule has 0 saturated heterocycles. The average molecular weight is 250 g/mol. The summed E-state index contributed by atoms with van der Waals surface area (Å²) in [4.78, 5) is 11.0. The summed E-state index contributed by atoms with van der Waals surface area (Å²) in [5.41, 5.74) is 0. The van der Waals surface area contributed by atoms with Crippen LogP contribution in [0.3, 0.4) is 0 Å². The summed E-state index contributed by atoms with van der Waals surface area (Å²) >= 11 is 6.04. The number of thiocarbonyl (C=S) groups is 1. The van der Waals surface area contributed by atoms with Crippen LogP contribution >= 0.6 is 24.0 Å². The Kier molecular flexibility index (Phi) is 8.12. The molecule has 1 unspecified atom stereocenters. The first kappa shape index (κ1) is 14.2. The van der Waals surface area contributed by atoms with Crippen molar-refractivity contribution in [3.05, 3.63) is 12.8 Å². The Morgan fingerprint density at radius 1 is 1.60 bits per heavy atom. The Hall–Kier alpha value is -0.750. The van der Waals surface area contributed by atoms with E-state index in [0.29, 0.717) is 17.6 Å². The molecule has 0 aliphatic carbocycles. The molecule has 15 heavy (non-hydrogen) atoms. The molecule has 1 atom stereocenters. The van der Waals surface area contributed by atoms with Crippen molar-refractivity contribution >= 4 is 34.3 Å². The first-order valence-corrected chi connectivity index (χ1v) is 5.54. The zero-order valence-electron chi connectivity index (χ0n) is 8.73. The van der Waals surface area contributed by atoms with E-state index in [0.717, 1.165) is 11.8 Å². The lowest BCUT2D eigenvalue weighted by atomic mass is 10.5. The first-order chi connectivity index (χ1) is 7.11. The second-order valence-electron chi connectivity index (χ2n) is 2.42. The molecule has 0 saturated carbocycles. The number of carbonyl (C=O) groups excluding carboxylic acids is 1. The minimum Gasteiger partial charge on any atom is -0.498 e. The van der Waals surface area contributed by atoms with Crippen molar-refractivity contribution in [2.75, 3.05) is 20.3 Å². The van der Waals surface area contributed by atoms with Gasteiger partial charge in [0, 0.05) is 0 Å². The molecule has 86 valence electrons. The van der Waals surface area contributed by atoms with Crippen molar-refractivity contribution in [3.8, 4) is 0 Å². The van der Waals surface area contributed by atoms with Crippen LogP contribution in [0.2, 0.25) is 0 Å². The van der Waals surface area contributed by atoms with Gasteiger partial charge in [-0.05, 0) is 19.1 Å². The molecule has 0 spiro atoms. The van der Waals surface area contributed by atoms with E-state index < -0.39 is 0 Å². The molecule has 6 heteroatoms. The normalized spacial score (nSPS) is 11.3. The molecular formula is C9H14O4S2. The topological polar surface area (TPSA) is 44.8 Å². The predicted octanol–water partition coefficient (Wildman–Crippen LogP) is 1.74. The number of hydrogen-bond acceptors (Lipinski definition) is 6. The monoisotopic (exact) mass is 250 g/mol. The van der Waals surface area contributed by atoms with E-state index in [1.807, 2.05) is 0 Å². The smallest absolute Gasteiger partial charge is 0.319 e. The Morgan fingerprint density at radius 3 is 2.80 bits per heavy atom. The fourth-order valence-electron chi connectivity index (χ4n) is 0.649. The van der Waals surface area contributed by atoms with E-state index in [2.05, 4.69) is 11.3 Å². The molecule has 0 rings (SSSR count). The predicted molar refractivity (Wildman–Crippen MR) is 63.8 cm³/mol. The summed E-state index contributed by atoms with van der Waals surface area (Å²) in [5.74, 6) is -0.326. The largest absolute Gasteiger partial charge is 0.498 e. The summed E-state index contributed by atoms with van der Waals surface area (Å²) in [6, 6.07) is 0. The van der Waals surface area contributed by atoms with Crippen LogP contribution in [-0.4, -0.2) is 35.9 Å². The van der Waals surface area contributed by atoms with Crippen LogP contribution in [0.1, 0.15) is 6.92 Å². The minimum absolute atomic E-state index is 0.306. The van der Waals surface area contributed by atoms with Gasteiger partial charge >= 0.3 is 5.97 Å². The summed E-state index contributed by atoms with van der Waals surface area (Å²) in [6.07, 6.45) is 1.33. The van der Waals surface area contributed by atoms with E-state index >= 15 is 0 Å². The molecule has 0 aromatic rings. The van der Waals surface area contributed by atoms with Crippen LogP contribution in [0.5, 0.6) is 0 Å². The number of rotatable bonds is 6. The maximum Gasteiger partial charge on any atom is 0.319 e. The zero-order chi connectivity index (χ0) is 11.7. The summed E-state index contributed by atoms with van der Waals surface area (Å²) in [6.45, 7) is 5.81. The van der Waals surface area contributed by atoms with Gasteiger partial charge in [-0.2, -0.15) is 0 Å². The molecular weight excluding hydrogens is 236 g/mol. The molecule has 0 amide bonds. The third-order valence-electron chi connectivity index (χ3n) is 1.35. The Morgan fingerprint density at radius 2 is 2.27 bits per heavy atom. The van der Waals surface area contributed by atoms with Gasteiger partial charge in [0.15, 0.2) is 0 Å². The van der Waals surface area contributed by atoms with Gasteiger partial charge in [0.2, 0.25) is 4.38 Å². The highest BCUT2D eigenvalue weighted by atomic mass is 32.2. The van der Waals surface area contributed by atoms with Crippen molar-refractivity contribution in [1.29, 1.82) is 0 Å². The van der Waals surface area contributed by atoms with Crippen molar-refractivity contribution in [1.82, 2.24) is 0 Å². The Labute approximate surface area is 99.0 Å². The van der Waals surface area contributed by atoms with E-state index in [9.17, 15) is 4.79 Å². The van der Waals surface area contributed by atoms with Crippen LogP contribution in [-0.2, 0) is 19.0 Å². The van der Waals surface area contributed by atoms with Gasteiger partial charge in [-0.15, -0.1) is 0 Å². The van der Waals surface area contributed by atoms with Crippen LogP contribution in [0, 0.1) is 0 Å². The lowest BCUT2D eigenvalue weighted by Crippen LogP contribution is -2.17. The number of methoxy groups -OCH3 is 1. The maximum atomic E-state index is 11.0. The van der Waals surface area contributed by atoms with Crippen molar-refractivity contribution in [3.63, 3.8) is 0 Å². The fraction of sp³-hybridized carbons (Fsp3) is 0.556. The van der Waals surface area contributed by atoms with Crippen molar-refractivity contribution in [2.45, 2.75) is 12.2 Å². The molecule has 0 bridgehead atoms. The fourth-order valence-corrected chi connectivity index (χ4v) is 1.80. The van der Waals surface area contributed by atoms with Gasteiger partial charge < -0.3 is 14.2 Å². The number of esters is 1. The highest BCUT2D eigenvalue weighted by Crippen LogP contribution is 2.14. The van der Waals surface area contributed by atoms with E-state index in [1.54, 1.807) is 6.92 Å². The van der Waals surface area contributed by atoms with Crippen LogP contribution in [0.25, 0.3) is 0 Å². The van der Waals surface area contributed by atoms with E-state index in [1.165, 1.54) is 13.4 Å². The number of thioether (sulfide) groups is 1. The third kappa shape index (κ3) is 7.21.